The highest BCUT2D eigenvalue weighted by atomic mass is 16.5. The third-order valence-electron chi connectivity index (χ3n) is 4.18. The second-order valence-corrected chi connectivity index (χ2v) is 6.92. The topological polar surface area (TPSA) is 67.6 Å². The molecule has 0 spiro atoms. The van der Waals surface area contributed by atoms with Crippen LogP contribution in [0.25, 0.3) is 0 Å². The van der Waals surface area contributed by atoms with Crippen LogP contribution in [0.1, 0.15) is 26.3 Å². The van der Waals surface area contributed by atoms with E-state index < -0.39 is 5.54 Å². The number of carbonyl (C=O) groups is 1. The van der Waals surface area contributed by atoms with Gasteiger partial charge in [-0.1, -0.05) is 44.2 Å². The normalized spacial score (nSPS) is 21.9. The molecule has 2 rings (SSSR count). The van der Waals surface area contributed by atoms with E-state index in [-0.39, 0.29) is 12.0 Å². The molecule has 0 aliphatic carbocycles. The smallest absolute Gasteiger partial charge is 0.244 e. The van der Waals surface area contributed by atoms with Gasteiger partial charge in [0.2, 0.25) is 5.91 Å². The van der Waals surface area contributed by atoms with E-state index in [4.69, 9.17) is 10.5 Å². The fourth-order valence-corrected chi connectivity index (χ4v) is 2.89. The molecule has 5 heteroatoms. The number of ether oxygens (including phenoxy) is 1. The first kappa shape index (κ1) is 17.9. The van der Waals surface area contributed by atoms with Gasteiger partial charge in [0.25, 0.3) is 0 Å². The number of hydrogen-bond donors (Lipinski definition) is 2. The number of rotatable bonds is 6. The minimum atomic E-state index is -1.03. The van der Waals surface area contributed by atoms with Crippen LogP contribution in [-0.4, -0.2) is 49.7 Å². The van der Waals surface area contributed by atoms with Gasteiger partial charge in [-0.3, -0.25) is 9.69 Å². The van der Waals surface area contributed by atoms with Crippen molar-refractivity contribution >= 4 is 5.91 Å². The molecule has 3 N–H and O–H groups in total. The summed E-state index contributed by atoms with van der Waals surface area (Å²) in [5, 5.41) is 2.95. The van der Waals surface area contributed by atoms with Crippen molar-refractivity contribution in [1.82, 2.24) is 10.2 Å². The second kappa shape index (κ2) is 7.90. The Bertz CT molecular complexity index is 502. The molecule has 1 fully saturated rings. The average Bonchev–Trinajstić information content (AvgIpc) is 2.53. The summed E-state index contributed by atoms with van der Waals surface area (Å²) in [6.07, 6.45) is 0.0259. The molecule has 0 radical (unpaired) electrons. The Hall–Kier alpha value is -1.43. The van der Waals surface area contributed by atoms with Gasteiger partial charge in [0.05, 0.1) is 12.7 Å². The Morgan fingerprint density at radius 3 is 2.78 bits per heavy atom. The lowest BCUT2D eigenvalue weighted by molar-refractivity contribution is -0.127. The first-order valence-corrected chi connectivity index (χ1v) is 8.36. The van der Waals surface area contributed by atoms with Crippen LogP contribution in [0, 0.1) is 5.92 Å². The van der Waals surface area contributed by atoms with Gasteiger partial charge in [-0.2, -0.15) is 0 Å². The van der Waals surface area contributed by atoms with Gasteiger partial charge in [-0.25, -0.2) is 0 Å². The maximum atomic E-state index is 12.5. The predicted molar refractivity (Wildman–Crippen MR) is 92.0 cm³/mol. The zero-order valence-corrected chi connectivity index (χ0v) is 14.4. The van der Waals surface area contributed by atoms with Crippen LogP contribution in [0.5, 0.6) is 0 Å². The number of carbonyl (C=O) groups excluding carboxylic acids is 1. The molecule has 0 saturated carbocycles. The summed E-state index contributed by atoms with van der Waals surface area (Å²) >= 11 is 0. The molecule has 1 aliphatic heterocycles. The summed E-state index contributed by atoms with van der Waals surface area (Å²) in [5.41, 5.74) is 6.00. The fraction of sp³-hybridized carbons (Fsp3) is 0.611. The number of nitrogens with one attached hydrogen (secondary N) is 1. The van der Waals surface area contributed by atoms with Gasteiger partial charge in [-0.05, 0) is 18.4 Å². The van der Waals surface area contributed by atoms with Crippen LogP contribution in [0.3, 0.4) is 0 Å². The Morgan fingerprint density at radius 2 is 2.13 bits per heavy atom. The van der Waals surface area contributed by atoms with Crippen molar-refractivity contribution in [2.45, 2.75) is 32.4 Å². The molecule has 1 heterocycles. The Labute approximate surface area is 139 Å². The monoisotopic (exact) mass is 319 g/mol. The molecule has 5 nitrogen and oxygen atoms in total. The molecule has 1 aromatic rings. The van der Waals surface area contributed by atoms with Gasteiger partial charge in [0, 0.05) is 26.2 Å². The molecule has 2 unspecified atom stereocenters. The highest BCUT2D eigenvalue weighted by molar-refractivity contribution is 5.86. The summed E-state index contributed by atoms with van der Waals surface area (Å²) in [6.45, 7) is 10.3. The van der Waals surface area contributed by atoms with Crippen molar-refractivity contribution < 1.29 is 9.53 Å². The third kappa shape index (κ3) is 5.03. The van der Waals surface area contributed by atoms with E-state index in [0.29, 0.717) is 19.1 Å². The lowest BCUT2D eigenvalue weighted by Crippen LogP contribution is -2.53. The van der Waals surface area contributed by atoms with Gasteiger partial charge in [0.1, 0.15) is 5.54 Å². The summed E-state index contributed by atoms with van der Waals surface area (Å²) in [6, 6.07) is 9.45. The summed E-state index contributed by atoms with van der Waals surface area (Å²) in [5.74, 6) is 0.460. The average molecular weight is 319 g/mol. The number of morpholine rings is 1. The molecule has 128 valence electrons. The van der Waals surface area contributed by atoms with Gasteiger partial charge < -0.3 is 15.8 Å². The number of nitrogens with two attached hydrogens (primary N) is 1. The molecular weight excluding hydrogens is 290 g/mol. The molecule has 1 aliphatic rings. The quantitative estimate of drug-likeness (QED) is 0.830. The maximum absolute atomic E-state index is 12.5. The molecule has 1 aromatic carbocycles. The molecule has 23 heavy (non-hydrogen) atoms. The molecule has 2 atom stereocenters. The van der Waals surface area contributed by atoms with E-state index in [0.717, 1.165) is 25.2 Å². The zero-order valence-electron chi connectivity index (χ0n) is 14.4. The molecule has 1 saturated heterocycles. The van der Waals surface area contributed by atoms with E-state index in [1.165, 1.54) is 0 Å². The van der Waals surface area contributed by atoms with Crippen LogP contribution in [0.4, 0.5) is 0 Å². The Balaban J connectivity index is 1.86. The second-order valence-electron chi connectivity index (χ2n) is 6.92. The van der Waals surface area contributed by atoms with E-state index in [2.05, 4.69) is 24.1 Å². The number of amides is 1. The standard InChI is InChI=1S/C18H29N3O2/c1-14(2)12-21-9-10-23-16(13-21)11-20-17(22)18(3,19)15-7-5-4-6-8-15/h4-8,14,16H,9-13,19H2,1-3H3,(H,20,22). The van der Waals surface area contributed by atoms with Gasteiger partial charge in [-0.15, -0.1) is 0 Å². The molecule has 0 aromatic heterocycles. The summed E-state index contributed by atoms with van der Waals surface area (Å²) in [4.78, 5) is 14.9. The van der Waals surface area contributed by atoms with Crippen LogP contribution >= 0.6 is 0 Å². The lowest BCUT2D eigenvalue weighted by Gasteiger charge is -2.34. The third-order valence-corrected chi connectivity index (χ3v) is 4.18. The van der Waals surface area contributed by atoms with Gasteiger partial charge in [0.15, 0.2) is 0 Å². The van der Waals surface area contributed by atoms with E-state index in [9.17, 15) is 4.79 Å². The van der Waals surface area contributed by atoms with E-state index >= 15 is 0 Å². The largest absolute Gasteiger partial charge is 0.374 e. The van der Waals surface area contributed by atoms with Crippen molar-refractivity contribution in [1.29, 1.82) is 0 Å². The lowest BCUT2D eigenvalue weighted by atomic mass is 9.92. The molecule has 0 bridgehead atoms. The van der Waals surface area contributed by atoms with Crippen LogP contribution in [-0.2, 0) is 15.1 Å². The van der Waals surface area contributed by atoms with Gasteiger partial charge >= 0.3 is 0 Å². The first-order valence-electron chi connectivity index (χ1n) is 8.36. The Morgan fingerprint density at radius 1 is 1.43 bits per heavy atom. The van der Waals surface area contributed by atoms with Crippen molar-refractivity contribution in [3.8, 4) is 0 Å². The first-order chi connectivity index (χ1) is 10.9. The summed E-state index contributed by atoms with van der Waals surface area (Å²) < 4.78 is 5.76. The number of nitrogens with zero attached hydrogens (tertiary/aromatic N) is 1. The van der Waals surface area contributed by atoms with Crippen molar-refractivity contribution in [2.75, 3.05) is 32.8 Å². The Kier molecular flexibility index (Phi) is 6.16. The van der Waals surface area contributed by atoms with Crippen LogP contribution in [0.15, 0.2) is 30.3 Å². The zero-order chi connectivity index (χ0) is 16.9. The van der Waals surface area contributed by atoms with E-state index in [1.54, 1.807) is 6.92 Å². The van der Waals surface area contributed by atoms with Crippen molar-refractivity contribution in [3.05, 3.63) is 35.9 Å². The number of benzene rings is 1. The predicted octanol–water partition coefficient (Wildman–Crippen LogP) is 1.33. The van der Waals surface area contributed by atoms with Crippen molar-refractivity contribution in [2.24, 2.45) is 11.7 Å². The minimum absolute atomic E-state index is 0.0259. The SMILES string of the molecule is CC(C)CN1CCOC(CNC(=O)C(C)(N)c2ccccc2)C1. The highest BCUT2D eigenvalue weighted by Gasteiger charge is 2.31. The van der Waals surface area contributed by atoms with Crippen molar-refractivity contribution in [3.63, 3.8) is 0 Å². The summed E-state index contributed by atoms with van der Waals surface area (Å²) in [7, 11) is 0. The maximum Gasteiger partial charge on any atom is 0.244 e. The minimum Gasteiger partial charge on any atom is -0.374 e. The fourth-order valence-electron chi connectivity index (χ4n) is 2.89. The highest BCUT2D eigenvalue weighted by Crippen LogP contribution is 2.17. The number of hydrogen-bond acceptors (Lipinski definition) is 4. The van der Waals surface area contributed by atoms with E-state index in [1.807, 2.05) is 30.3 Å². The van der Waals surface area contributed by atoms with Crippen LogP contribution in [0.2, 0.25) is 0 Å². The molecule has 1 amide bonds. The van der Waals surface area contributed by atoms with Crippen LogP contribution < -0.4 is 11.1 Å². The molecular formula is C18H29N3O2.